The van der Waals surface area contributed by atoms with Crippen LogP contribution in [0.5, 0.6) is 0 Å². The van der Waals surface area contributed by atoms with Gasteiger partial charge in [0.2, 0.25) is 5.91 Å². The zero-order chi connectivity index (χ0) is 19.7. The summed E-state index contributed by atoms with van der Waals surface area (Å²) in [4.78, 5) is 25.2. The number of hydrogen-bond acceptors (Lipinski definition) is 5. The van der Waals surface area contributed by atoms with E-state index in [1.807, 2.05) is 36.4 Å². The molecule has 2 aliphatic rings. The Labute approximate surface area is 162 Å². The number of aromatic nitrogens is 2. The molecule has 7 heteroatoms. The van der Waals surface area contributed by atoms with Crippen molar-refractivity contribution in [1.29, 1.82) is 0 Å². The topological polar surface area (TPSA) is 107 Å². The summed E-state index contributed by atoms with van der Waals surface area (Å²) in [6.45, 7) is 2.14. The summed E-state index contributed by atoms with van der Waals surface area (Å²) in [6, 6.07) is 11.5. The number of hydrogen-bond donors (Lipinski definition) is 2. The number of amides is 2. The summed E-state index contributed by atoms with van der Waals surface area (Å²) < 4.78 is 5.93. The highest BCUT2D eigenvalue weighted by Gasteiger charge is 2.47. The Balaban J connectivity index is 1.72. The van der Waals surface area contributed by atoms with Crippen LogP contribution >= 0.6 is 0 Å². The van der Waals surface area contributed by atoms with E-state index in [1.165, 1.54) is 12.4 Å². The van der Waals surface area contributed by atoms with Crippen molar-refractivity contribution < 1.29 is 14.3 Å². The number of allylic oxidation sites excluding steroid dienone is 1. The van der Waals surface area contributed by atoms with Crippen LogP contribution in [0.15, 0.2) is 71.8 Å². The second-order valence-corrected chi connectivity index (χ2v) is 7.19. The normalized spacial score (nSPS) is 23.5. The number of nitrogens with two attached hydrogens (primary N) is 1. The van der Waals surface area contributed by atoms with Crippen LogP contribution in [-0.2, 0) is 14.3 Å². The van der Waals surface area contributed by atoms with E-state index in [-0.39, 0.29) is 18.2 Å². The number of carbonyl (C=O) groups is 2. The van der Waals surface area contributed by atoms with Crippen LogP contribution in [0, 0.1) is 5.41 Å². The monoisotopic (exact) mass is 376 g/mol. The number of primary amides is 1. The van der Waals surface area contributed by atoms with Gasteiger partial charge in [-0.25, -0.2) is 0 Å². The first-order valence-corrected chi connectivity index (χ1v) is 9.00. The Hall–Kier alpha value is -3.48. The van der Waals surface area contributed by atoms with Crippen LogP contribution in [0.3, 0.4) is 0 Å². The molecule has 142 valence electrons. The van der Waals surface area contributed by atoms with Gasteiger partial charge >= 0.3 is 0 Å². The van der Waals surface area contributed by atoms with Gasteiger partial charge in [-0.2, -0.15) is 10.2 Å². The molecule has 0 radical (unpaired) electrons. The van der Waals surface area contributed by atoms with E-state index >= 15 is 0 Å². The van der Waals surface area contributed by atoms with E-state index in [4.69, 9.17) is 10.5 Å². The highest BCUT2D eigenvalue weighted by Crippen LogP contribution is 2.49. The smallest absolute Gasteiger partial charge is 0.251 e. The van der Waals surface area contributed by atoms with Gasteiger partial charge in [0.05, 0.1) is 24.7 Å². The quantitative estimate of drug-likeness (QED) is 0.851. The van der Waals surface area contributed by atoms with Crippen LogP contribution in [0.25, 0.3) is 0 Å². The van der Waals surface area contributed by atoms with E-state index in [1.54, 1.807) is 13.0 Å². The third-order valence-electron chi connectivity index (χ3n) is 5.29. The molecule has 3 N–H and O–H groups in total. The zero-order valence-corrected chi connectivity index (χ0v) is 15.4. The van der Waals surface area contributed by atoms with Crippen molar-refractivity contribution in [3.8, 4) is 0 Å². The molecule has 2 amide bonds. The van der Waals surface area contributed by atoms with E-state index < -0.39 is 11.3 Å². The summed E-state index contributed by atoms with van der Waals surface area (Å²) in [7, 11) is 0. The van der Waals surface area contributed by atoms with Crippen LogP contribution in [0.1, 0.15) is 24.8 Å². The molecule has 4 rings (SSSR count). The molecule has 2 atom stereocenters. The van der Waals surface area contributed by atoms with Gasteiger partial charge in [-0.15, -0.1) is 0 Å². The van der Waals surface area contributed by atoms with Crippen LogP contribution < -0.4 is 11.1 Å². The van der Waals surface area contributed by atoms with Crippen LogP contribution in [0.2, 0.25) is 0 Å². The highest BCUT2D eigenvalue weighted by molar-refractivity contribution is 6.05. The number of anilines is 1. The molecular weight excluding hydrogens is 356 g/mol. The van der Waals surface area contributed by atoms with Crippen LogP contribution in [-0.4, -0.2) is 28.6 Å². The second kappa shape index (κ2) is 6.92. The number of rotatable bonds is 4. The minimum absolute atomic E-state index is 0.0550. The van der Waals surface area contributed by atoms with Gasteiger partial charge in [0.15, 0.2) is 0 Å². The molecular formula is C21H20N4O3. The Bertz CT molecular complexity index is 985. The second-order valence-electron chi connectivity index (χ2n) is 7.19. The van der Waals surface area contributed by atoms with E-state index in [0.29, 0.717) is 23.6 Å². The van der Waals surface area contributed by atoms with Gasteiger partial charge in [-0.05, 0) is 31.1 Å². The molecule has 2 heterocycles. The molecule has 1 aliphatic heterocycles. The Morgan fingerprint density at radius 3 is 2.68 bits per heavy atom. The maximum absolute atomic E-state index is 12.9. The Kier molecular flexibility index (Phi) is 4.43. The fourth-order valence-corrected chi connectivity index (χ4v) is 3.72. The van der Waals surface area contributed by atoms with Gasteiger partial charge in [-0.1, -0.05) is 30.3 Å². The average Bonchev–Trinajstić information content (AvgIpc) is 3.14. The van der Waals surface area contributed by atoms with E-state index in [0.717, 1.165) is 11.1 Å². The van der Waals surface area contributed by atoms with Crippen molar-refractivity contribution >= 4 is 17.5 Å². The fraction of sp³-hybridized carbons (Fsp3) is 0.238. The number of benzene rings is 1. The predicted octanol–water partition coefficient (Wildman–Crippen LogP) is 2.30. The van der Waals surface area contributed by atoms with Crippen molar-refractivity contribution in [3.63, 3.8) is 0 Å². The number of carbonyl (C=O) groups excluding carboxylic acids is 2. The minimum Gasteiger partial charge on any atom is -0.495 e. The van der Waals surface area contributed by atoms with Crippen molar-refractivity contribution in [1.82, 2.24) is 10.2 Å². The molecule has 0 spiro atoms. The van der Waals surface area contributed by atoms with Gasteiger partial charge in [-0.3, -0.25) is 9.59 Å². The largest absolute Gasteiger partial charge is 0.495 e. The highest BCUT2D eigenvalue weighted by atomic mass is 16.5. The molecule has 2 aromatic rings. The van der Waals surface area contributed by atoms with Crippen molar-refractivity contribution in [2.45, 2.75) is 19.3 Å². The average molecular weight is 376 g/mol. The number of ether oxygens (including phenoxy) is 1. The molecule has 0 saturated heterocycles. The Morgan fingerprint density at radius 2 is 2.00 bits per heavy atom. The molecule has 0 saturated carbocycles. The van der Waals surface area contributed by atoms with Crippen molar-refractivity contribution in [2.24, 2.45) is 11.1 Å². The van der Waals surface area contributed by atoms with Crippen LogP contribution in [0.4, 0.5) is 5.69 Å². The summed E-state index contributed by atoms with van der Waals surface area (Å²) in [5.41, 5.74) is 7.56. The van der Waals surface area contributed by atoms with Gasteiger partial charge in [0.25, 0.3) is 5.91 Å². The standard InChI is InChI=1S/C21H20N4O3/c1-21(20(22)27)10-14(19(26)25-15-7-8-23-24-11-15)9-16-17(12-28-18(16)21)13-5-3-2-4-6-13/h2-9,11,17H,10,12H2,1H3,(H2,22,27)(H,23,25,26). The molecule has 1 aromatic carbocycles. The molecule has 1 aromatic heterocycles. The van der Waals surface area contributed by atoms with E-state index in [9.17, 15) is 9.59 Å². The first-order valence-electron chi connectivity index (χ1n) is 9.00. The third kappa shape index (κ3) is 3.05. The third-order valence-corrected chi connectivity index (χ3v) is 5.29. The van der Waals surface area contributed by atoms with Crippen molar-refractivity contribution in [3.05, 3.63) is 77.3 Å². The summed E-state index contributed by atoms with van der Waals surface area (Å²) >= 11 is 0. The first-order chi connectivity index (χ1) is 13.5. The molecule has 28 heavy (non-hydrogen) atoms. The van der Waals surface area contributed by atoms with Gasteiger partial charge in [0, 0.05) is 17.1 Å². The van der Waals surface area contributed by atoms with Crippen molar-refractivity contribution in [2.75, 3.05) is 11.9 Å². The summed E-state index contributed by atoms with van der Waals surface area (Å²) in [5, 5.41) is 10.3. The van der Waals surface area contributed by atoms with E-state index in [2.05, 4.69) is 15.5 Å². The lowest BCUT2D eigenvalue weighted by Gasteiger charge is -2.31. The number of nitrogens with zero attached hydrogens (tertiary/aromatic N) is 2. The molecule has 2 unspecified atom stereocenters. The molecule has 0 bridgehead atoms. The lowest BCUT2D eigenvalue weighted by atomic mass is 9.73. The predicted molar refractivity (Wildman–Crippen MR) is 103 cm³/mol. The fourth-order valence-electron chi connectivity index (χ4n) is 3.72. The molecule has 7 nitrogen and oxygen atoms in total. The SMILES string of the molecule is CC1(C(N)=O)CC(C(=O)Nc2ccnnc2)=CC2=C1OCC2c1ccccc1. The maximum atomic E-state index is 12.9. The molecule has 1 aliphatic carbocycles. The lowest BCUT2D eigenvalue weighted by molar-refractivity contribution is -0.126. The summed E-state index contributed by atoms with van der Waals surface area (Å²) in [6.07, 6.45) is 4.96. The summed E-state index contributed by atoms with van der Waals surface area (Å²) in [5.74, 6) is -0.306. The number of nitrogens with one attached hydrogen (secondary N) is 1. The minimum atomic E-state index is -1.07. The molecule has 0 fully saturated rings. The maximum Gasteiger partial charge on any atom is 0.251 e. The zero-order valence-electron chi connectivity index (χ0n) is 15.4. The Morgan fingerprint density at radius 1 is 1.21 bits per heavy atom. The lowest BCUT2D eigenvalue weighted by Crippen LogP contribution is -2.39. The van der Waals surface area contributed by atoms with Gasteiger partial charge in [0.1, 0.15) is 11.2 Å². The van der Waals surface area contributed by atoms with Gasteiger partial charge < -0.3 is 15.8 Å². The first kappa shape index (κ1) is 17.9.